The second-order valence-corrected chi connectivity index (χ2v) is 5.05. The summed E-state index contributed by atoms with van der Waals surface area (Å²) in [5.41, 5.74) is 0.615. The number of pyridine rings is 1. The van der Waals surface area contributed by atoms with E-state index in [0.717, 1.165) is 13.1 Å². The van der Waals surface area contributed by atoms with E-state index in [4.69, 9.17) is 0 Å². The second-order valence-electron chi connectivity index (χ2n) is 5.05. The average Bonchev–Trinajstić information content (AvgIpc) is 2.46. The number of hydrogen-bond donors (Lipinski definition) is 1. The van der Waals surface area contributed by atoms with Gasteiger partial charge in [0, 0.05) is 32.9 Å². The van der Waals surface area contributed by atoms with Crippen LogP contribution in [-0.4, -0.2) is 55.6 Å². The summed E-state index contributed by atoms with van der Waals surface area (Å²) in [6, 6.07) is 3.92. The van der Waals surface area contributed by atoms with E-state index in [2.05, 4.69) is 36.0 Å². The number of rotatable bonds is 7. The van der Waals surface area contributed by atoms with Gasteiger partial charge in [-0.1, -0.05) is 13.8 Å². The van der Waals surface area contributed by atoms with Crippen LogP contribution in [0.25, 0.3) is 0 Å². The van der Waals surface area contributed by atoms with Crippen LogP contribution in [0.4, 0.5) is 5.82 Å². The van der Waals surface area contributed by atoms with Crippen molar-refractivity contribution in [3.63, 3.8) is 0 Å². The van der Waals surface area contributed by atoms with E-state index < -0.39 is 0 Å². The molecular formula is C15H26N4O. The van der Waals surface area contributed by atoms with Crippen LogP contribution < -0.4 is 10.2 Å². The summed E-state index contributed by atoms with van der Waals surface area (Å²) in [5.74, 6) is 0.626. The molecule has 1 N–H and O–H groups in total. The van der Waals surface area contributed by atoms with E-state index in [0.29, 0.717) is 24.0 Å². The normalized spacial score (nSPS) is 12.3. The van der Waals surface area contributed by atoms with E-state index in [-0.39, 0.29) is 5.91 Å². The van der Waals surface area contributed by atoms with Crippen molar-refractivity contribution >= 4 is 11.7 Å². The van der Waals surface area contributed by atoms with Gasteiger partial charge in [-0.3, -0.25) is 9.69 Å². The van der Waals surface area contributed by atoms with Crippen LogP contribution >= 0.6 is 0 Å². The average molecular weight is 278 g/mol. The summed E-state index contributed by atoms with van der Waals surface area (Å²) < 4.78 is 0. The molecule has 0 aliphatic heterocycles. The van der Waals surface area contributed by atoms with Crippen molar-refractivity contribution in [2.75, 3.05) is 38.6 Å². The maximum atomic E-state index is 12.3. The molecule has 0 bridgehead atoms. The molecule has 0 fully saturated rings. The van der Waals surface area contributed by atoms with Gasteiger partial charge in [-0.25, -0.2) is 4.98 Å². The Bertz CT molecular complexity index is 430. The number of nitrogens with zero attached hydrogens (tertiary/aromatic N) is 3. The first-order valence-electron chi connectivity index (χ1n) is 7.15. The zero-order valence-electron chi connectivity index (χ0n) is 13.2. The lowest BCUT2D eigenvalue weighted by Crippen LogP contribution is -2.42. The molecule has 1 aromatic rings. The summed E-state index contributed by atoms with van der Waals surface area (Å²) in [6.07, 6.45) is 1.70. The molecule has 0 aliphatic rings. The molecule has 1 amide bonds. The van der Waals surface area contributed by atoms with Crippen molar-refractivity contribution in [1.82, 2.24) is 15.2 Å². The summed E-state index contributed by atoms with van der Waals surface area (Å²) in [5, 5.41) is 3.00. The maximum absolute atomic E-state index is 12.3. The van der Waals surface area contributed by atoms with Gasteiger partial charge < -0.3 is 10.2 Å². The number of likely N-dealkylation sites (N-methyl/N-ethyl adjacent to an activating group) is 1. The highest BCUT2D eigenvalue weighted by molar-refractivity contribution is 5.98. The lowest BCUT2D eigenvalue weighted by Gasteiger charge is -2.26. The number of nitrogens with one attached hydrogen (secondary N) is 1. The van der Waals surface area contributed by atoms with Crippen LogP contribution in [0.5, 0.6) is 0 Å². The molecule has 0 radical (unpaired) electrons. The minimum atomic E-state index is -0.0687. The van der Waals surface area contributed by atoms with Gasteiger partial charge in [-0.2, -0.15) is 0 Å². The highest BCUT2D eigenvalue weighted by Crippen LogP contribution is 2.14. The highest BCUT2D eigenvalue weighted by Gasteiger charge is 2.16. The molecule has 0 saturated heterocycles. The second kappa shape index (κ2) is 7.85. The molecule has 20 heavy (non-hydrogen) atoms. The van der Waals surface area contributed by atoms with Crippen molar-refractivity contribution in [1.29, 1.82) is 0 Å². The third-order valence-corrected chi connectivity index (χ3v) is 3.45. The Labute approximate surface area is 122 Å². The number of anilines is 1. The molecule has 112 valence electrons. The summed E-state index contributed by atoms with van der Waals surface area (Å²) in [4.78, 5) is 20.7. The summed E-state index contributed by atoms with van der Waals surface area (Å²) in [6.45, 7) is 9.01. The van der Waals surface area contributed by atoms with Crippen LogP contribution in [0, 0.1) is 0 Å². The van der Waals surface area contributed by atoms with Gasteiger partial charge in [0.2, 0.25) is 0 Å². The first-order chi connectivity index (χ1) is 9.51. The fraction of sp³-hybridized carbons (Fsp3) is 0.600. The first-order valence-corrected chi connectivity index (χ1v) is 7.15. The molecule has 1 heterocycles. The molecule has 1 unspecified atom stereocenters. The molecule has 5 nitrogen and oxygen atoms in total. The Morgan fingerprint density at radius 1 is 1.35 bits per heavy atom. The van der Waals surface area contributed by atoms with Crippen molar-refractivity contribution in [2.24, 2.45) is 0 Å². The molecule has 1 rings (SSSR count). The largest absolute Gasteiger partial charge is 0.362 e. The third-order valence-electron chi connectivity index (χ3n) is 3.45. The molecule has 0 spiro atoms. The monoisotopic (exact) mass is 278 g/mol. The van der Waals surface area contributed by atoms with Gasteiger partial charge in [-0.05, 0) is 32.1 Å². The van der Waals surface area contributed by atoms with Crippen molar-refractivity contribution in [3.8, 4) is 0 Å². The van der Waals surface area contributed by atoms with E-state index in [1.807, 2.05) is 19.0 Å². The molecule has 1 atom stereocenters. The first kappa shape index (κ1) is 16.4. The zero-order valence-corrected chi connectivity index (χ0v) is 13.2. The van der Waals surface area contributed by atoms with E-state index >= 15 is 0 Å². The van der Waals surface area contributed by atoms with Gasteiger partial charge in [-0.15, -0.1) is 0 Å². The molecule has 0 saturated carbocycles. The lowest BCUT2D eigenvalue weighted by molar-refractivity contribution is 0.0938. The van der Waals surface area contributed by atoms with Gasteiger partial charge >= 0.3 is 0 Å². The van der Waals surface area contributed by atoms with E-state index in [1.165, 1.54) is 0 Å². The fourth-order valence-electron chi connectivity index (χ4n) is 2.24. The summed E-state index contributed by atoms with van der Waals surface area (Å²) in [7, 11) is 3.77. The topological polar surface area (TPSA) is 48.5 Å². The molecule has 0 aromatic carbocycles. The van der Waals surface area contributed by atoms with Crippen LogP contribution in [0.1, 0.15) is 31.1 Å². The number of amides is 1. The highest BCUT2D eigenvalue weighted by atomic mass is 16.1. The van der Waals surface area contributed by atoms with Crippen LogP contribution in [0.2, 0.25) is 0 Å². The smallest absolute Gasteiger partial charge is 0.255 e. The number of carbonyl (C=O) groups excluding carboxylic acids is 1. The Hall–Kier alpha value is -1.62. The van der Waals surface area contributed by atoms with Crippen molar-refractivity contribution < 1.29 is 4.79 Å². The predicted molar refractivity (Wildman–Crippen MR) is 83.3 cm³/mol. The standard InChI is InChI=1S/C15H26N4O/c1-6-19(7-2)12(3)11-17-15(20)13-9-8-10-16-14(13)18(4)5/h8-10,12H,6-7,11H2,1-5H3,(H,17,20). The SMILES string of the molecule is CCN(CC)C(C)CNC(=O)c1cccnc1N(C)C. The van der Waals surface area contributed by atoms with Crippen molar-refractivity contribution in [2.45, 2.75) is 26.8 Å². The Kier molecular flexibility index (Phi) is 6.45. The number of hydrogen-bond acceptors (Lipinski definition) is 4. The van der Waals surface area contributed by atoms with Crippen LogP contribution in [0.3, 0.4) is 0 Å². The number of carbonyl (C=O) groups is 1. The number of aromatic nitrogens is 1. The van der Waals surface area contributed by atoms with Gasteiger partial charge in [0.25, 0.3) is 5.91 Å². The van der Waals surface area contributed by atoms with Gasteiger partial charge in [0.15, 0.2) is 0 Å². The third kappa shape index (κ3) is 4.20. The minimum absolute atomic E-state index is 0.0687. The Balaban J connectivity index is 2.68. The van der Waals surface area contributed by atoms with Crippen molar-refractivity contribution in [3.05, 3.63) is 23.9 Å². The zero-order chi connectivity index (χ0) is 15.1. The van der Waals surface area contributed by atoms with Crippen LogP contribution in [-0.2, 0) is 0 Å². The quantitative estimate of drug-likeness (QED) is 0.823. The van der Waals surface area contributed by atoms with Crippen LogP contribution in [0.15, 0.2) is 18.3 Å². The Morgan fingerprint density at radius 2 is 2.00 bits per heavy atom. The molecule has 1 aromatic heterocycles. The molecule has 0 aliphatic carbocycles. The molecular weight excluding hydrogens is 252 g/mol. The maximum Gasteiger partial charge on any atom is 0.255 e. The summed E-state index contributed by atoms with van der Waals surface area (Å²) >= 11 is 0. The predicted octanol–water partition coefficient (Wildman–Crippen LogP) is 1.61. The fourth-order valence-corrected chi connectivity index (χ4v) is 2.24. The molecule has 5 heteroatoms. The van der Waals surface area contributed by atoms with Gasteiger partial charge in [0.05, 0.1) is 5.56 Å². The van der Waals surface area contributed by atoms with Gasteiger partial charge in [0.1, 0.15) is 5.82 Å². The Morgan fingerprint density at radius 3 is 2.55 bits per heavy atom. The van der Waals surface area contributed by atoms with E-state index in [1.54, 1.807) is 18.3 Å². The lowest BCUT2D eigenvalue weighted by atomic mass is 10.2. The van der Waals surface area contributed by atoms with E-state index in [9.17, 15) is 4.79 Å². The minimum Gasteiger partial charge on any atom is -0.362 e.